The lowest BCUT2D eigenvalue weighted by molar-refractivity contribution is -0.129. The van der Waals surface area contributed by atoms with Gasteiger partial charge in [0.2, 0.25) is 5.91 Å². The molecule has 2 rings (SSSR count). The normalized spacial score (nSPS) is 12.6. The highest BCUT2D eigenvalue weighted by Crippen LogP contribution is 2.41. The van der Waals surface area contributed by atoms with Crippen LogP contribution in [0.1, 0.15) is 106 Å². The quantitative estimate of drug-likeness (QED) is 0.134. The fourth-order valence-corrected chi connectivity index (χ4v) is 4.92. The van der Waals surface area contributed by atoms with Crippen molar-refractivity contribution in [1.82, 2.24) is 10.8 Å². The highest BCUT2D eigenvalue weighted by atomic mass is 16.5. The maximum atomic E-state index is 12.8. The number of nitrogens with one attached hydrogen (secondary N) is 2. The Morgan fingerprint density at radius 3 is 2.08 bits per heavy atom. The SMILES string of the molecule is CCC(CC)(c1ccc(OCC(O)C(C)(C)C)c(C)c1)c1ccc(C(=O)NCCCCCC(=O)NO)c(C)c1. The van der Waals surface area contributed by atoms with Gasteiger partial charge >= 0.3 is 0 Å². The topological polar surface area (TPSA) is 108 Å². The molecule has 0 bridgehead atoms. The zero-order valence-corrected chi connectivity index (χ0v) is 24.8. The lowest BCUT2D eigenvalue weighted by atomic mass is 9.70. The van der Waals surface area contributed by atoms with E-state index in [4.69, 9.17) is 9.94 Å². The van der Waals surface area contributed by atoms with Gasteiger partial charge in [-0.1, -0.05) is 65.3 Å². The van der Waals surface area contributed by atoms with Crippen LogP contribution in [0.5, 0.6) is 5.75 Å². The summed E-state index contributed by atoms with van der Waals surface area (Å²) in [5.41, 5.74) is 6.21. The molecule has 0 fully saturated rings. The molecule has 0 spiro atoms. The first kappa shape index (κ1) is 32.3. The van der Waals surface area contributed by atoms with E-state index in [-0.39, 0.29) is 35.7 Å². The molecular formula is C32H48N2O5. The molecule has 0 radical (unpaired) electrons. The van der Waals surface area contributed by atoms with E-state index < -0.39 is 6.10 Å². The van der Waals surface area contributed by atoms with E-state index in [9.17, 15) is 14.7 Å². The Kier molecular flexibility index (Phi) is 12.0. The minimum absolute atomic E-state index is 0.0967. The van der Waals surface area contributed by atoms with Crippen LogP contribution in [0.2, 0.25) is 0 Å². The Bertz CT molecular complexity index is 1100. The van der Waals surface area contributed by atoms with Gasteiger partial charge in [-0.05, 0) is 79.3 Å². The number of hydrogen-bond donors (Lipinski definition) is 4. The minimum atomic E-state index is -0.555. The van der Waals surface area contributed by atoms with Crippen LogP contribution in [-0.4, -0.2) is 41.4 Å². The number of amides is 2. The van der Waals surface area contributed by atoms with Crippen LogP contribution in [-0.2, 0) is 10.2 Å². The molecule has 39 heavy (non-hydrogen) atoms. The average molecular weight is 541 g/mol. The molecule has 216 valence electrons. The van der Waals surface area contributed by atoms with E-state index in [1.165, 1.54) is 11.1 Å². The van der Waals surface area contributed by atoms with Crippen LogP contribution >= 0.6 is 0 Å². The summed E-state index contributed by atoms with van der Waals surface area (Å²) < 4.78 is 5.97. The molecule has 0 aliphatic heterocycles. The van der Waals surface area contributed by atoms with Crippen molar-refractivity contribution in [2.75, 3.05) is 13.2 Å². The Labute approximate surface area is 234 Å². The van der Waals surface area contributed by atoms with Crippen molar-refractivity contribution in [2.24, 2.45) is 5.41 Å². The maximum Gasteiger partial charge on any atom is 0.251 e. The van der Waals surface area contributed by atoms with Crippen LogP contribution in [0.15, 0.2) is 36.4 Å². The van der Waals surface area contributed by atoms with Crippen molar-refractivity contribution in [3.8, 4) is 5.75 Å². The molecule has 0 heterocycles. The summed E-state index contributed by atoms with van der Waals surface area (Å²) >= 11 is 0. The maximum absolute atomic E-state index is 12.8. The van der Waals surface area contributed by atoms with E-state index in [1.54, 1.807) is 5.48 Å². The van der Waals surface area contributed by atoms with Gasteiger partial charge in [0.15, 0.2) is 0 Å². The Balaban J connectivity index is 2.15. The first-order valence-electron chi connectivity index (χ1n) is 14.1. The minimum Gasteiger partial charge on any atom is -0.491 e. The van der Waals surface area contributed by atoms with Gasteiger partial charge in [0.05, 0.1) is 6.10 Å². The summed E-state index contributed by atoms with van der Waals surface area (Å²) in [7, 11) is 0. The van der Waals surface area contributed by atoms with Gasteiger partial charge in [0.1, 0.15) is 12.4 Å². The van der Waals surface area contributed by atoms with Crippen molar-refractivity contribution >= 4 is 11.8 Å². The van der Waals surface area contributed by atoms with Gasteiger partial charge in [0.25, 0.3) is 5.91 Å². The standard InChI is InChI=1S/C32H48N2O5/c1-8-32(9-2,25-15-17-27(23(4)20-25)39-21-28(35)31(5,6)7)24-14-16-26(22(3)19-24)30(37)33-18-12-10-11-13-29(36)34-38/h14-17,19-20,28,35,38H,8-13,18,21H2,1-7H3,(H,33,37)(H,34,36). The first-order chi connectivity index (χ1) is 18.4. The number of unbranched alkanes of at least 4 members (excludes halogenated alkanes) is 2. The summed E-state index contributed by atoms with van der Waals surface area (Å²) in [6.45, 7) is 15.2. The summed E-state index contributed by atoms with van der Waals surface area (Å²) in [6, 6.07) is 12.4. The third kappa shape index (κ3) is 8.54. The monoisotopic (exact) mass is 540 g/mol. The molecule has 2 aromatic carbocycles. The third-order valence-electron chi connectivity index (χ3n) is 7.85. The lowest BCUT2D eigenvalue weighted by Crippen LogP contribution is -2.32. The summed E-state index contributed by atoms with van der Waals surface area (Å²) in [6.07, 6.45) is 3.76. The number of carbonyl (C=O) groups excluding carboxylic acids is 2. The molecule has 4 N–H and O–H groups in total. The number of rotatable bonds is 14. The summed E-state index contributed by atoms with van der Waals surface area (Å²) in [5, 5.41) is 21.9. The highest BCUT2D eigenvalue weighted by Gasteiger charge is 2.32. The van der Waals surface area contributed by atoms with Gasteiger partial charge in [-0.2, -0.15) is 0 Å². The van der Waals surface area contributed by atoms with Crippen molar-refractivity contribution in [1.29, 1.82) is 0 Å². The predicted molar refractivity (Wildman–Crippen MR) is 155 cm³/mol. The van der Waals surface area contributed by atoms with Crippen LogP contribution in [0.25, 0.3) is 0 Å². The van der Waals surface area contributed by atoms with E-state index in [2.05, 4.69) is 43.4 Å². The van der Waals surface area contributed by atoms with Gasteiger partial charge in [-0.25, -0.2) is 5.48 Å². The average Bonchev–Trinajstić information content (AvgIpc) is 2.90. The fraction of sp³-hybridized carbons (Fsp3) is 0.562. The Morgan fingerprint density at radius 2 is 1.54 bits per heavy atom. The predicted octanol–water partition coefficient (Wildman–Crippen LogP) is 5.99. The number of hydrogen-bond acceptors (Lipinski definition) is 5. The molecule has 7 heteroatoms. The molecule has 0 saturated carbocycles. The Morgan fingerprint density at radius 1 is 0.923 bits per heavy atom. The van der Waals surface area contributed by atoms with Gasteiger partial charge in [0, 0.05) is 23.9 Å². The summed E-state index contributed by atoms with van der Waals surface area (Å²) in [5.74, 6) is 0.295. The second-order valence-corrected chi connectivity index (χ2v) is 11.6. The van der Waals surface area contributed by atoms with Crippen LogP contribution in [0.4, 0.5) is 0 Å². The number of hydroxylamine groups is 1. The number of ether oxygens (including phenoxy) is 1. The number of benzene rings is 2. The molecule has 0 aliphatic rings. The zero-order valence-electron chi connectivity index (χ0n) is 24.8. The second-order valence-electron chi connectivity index (χ2n) is 11.6. The number of aliphatic hydroxyl groups is 1. The van der Waals surface area contributed by atoms with Crippen molar-refractivity contribution in [3.63, 3.8) is 0 Å². The van der Waals surface area contributed by atoms with Crippen LogP contribution in [0.3, 0.4) is 0 Å². The van der Waals surface area contributed by atoms with Gasteiger partial charge in [-0.15, -0.1) is 0 Å². The highest BCUT2D eigenvalue weighted by molar-refractivity contribution is 5.95. The van der Waals surface area contributed by atoms with E-state index in [0.29, 0.717) is 18.5 Å². The molecule has 2 aromatic rings. The molecule has 0 aliphatic carbocycles. The summed E-state index contributed by atoms with van der Waals surface area (Å²) in [4.78, 5) is 23.9. The van der Waals surface area contributed by atoms with E-state index in [1.807, 2.05) is 46.8 Å². The second kappa shape index (κ2) is 14.5. The van der Waals surface area contributed by atoms with Crippen LogP contribution in [0, 0.1) is 19.3 Å². The van der Waals surface area contributed by atoms with Crippen molar-refractivity contribution < 1.29 is 24.6 Å². The van der Waals surface area contributed by atoms with Gasteiger partial charge in [-0.3, -0.25) is 14.8 Å². The van der Waals surface area contributed by atoms with E-state index in [0.717, 1.165) is 42.6 Å². The lowest BCUT2D eigenvalue weighted by Gasteiger charge is -2.34. The smallest absolute Gasteiger partial charge is 0.251 e. The Hall–Kier alpha value is -2.90. The number of aliphatic hydroxyl groups excluding tert-OH is 1. The molecule has 7 nitrogen and oxygen atoms in total. The molecule has 0 aromatic heterocycles. The number of aryl methyl sites for hydroxylation is 2. The molecule has 0 saturated heterocycles. The zero-order chi connectivity index (χ0) is 29.2. The molecule has 2 amide bonds. The van der Waals surface area contributed by atoms with E-state index >= 15 is 0 Å². The van der Waals surface area contributed by atoms with Gasteiger partial charge < -0.3 is 15.2 Å². The van der Waals surface area contributed by atoms with Crippen molar-refractivity contribution in [3.05, 3.63) is 64.2 Å². The van der Waals surface area contributed by atoms with Crippen molar-refractivity contribution in [2.45, 2.75) is 98.5 Å². The van der Waals surface area contributed by atoms with Crippen LogP contribution < -0.4 is 15.5 Å². The number of carbonyl (C=O) groups is 2. The largest absolute Gasteiger partial charge is 0.491 e. The first-order valence-corrected chi connectivity index (χ1v) is 14.1. The molecule has 1 atom stereocenters. The molecular weight excluding hydrogens is 492 g/mol. The molecule has 1 unspecified atom stereocenters. The fourth-order valence-electron chi connectivity index (χ4n) is 4.92. The third-order valence-corrected chi connectivity index (χ3v) is 7.85.